The smallest absolute Gasteiger partial charge is 0.179 e. The molecule has 0 aromatic carbocycles. The fraction of sp³-hybridized carbons (Fsp3) is 0.429. The Morgan fingerprint density at radius 1 is 1.50 bits per heavy atom. The van der Waals surface area contributed by atoms with Crippen LogP contribution in [0.1, 0.15) is 6.92 Å². The maximum atomic E-state index is 5.42. The van der Waals surface area contributed by atoms with Crippen LogP contribution in [-0.2, 0) is 0 Å². The summed E-state index contributed by atoms with van der Waals surface area (Å²) >= 11 is 0. The first kappa shape index (κ1) is 5.65. The van der Waals surface area contributed by atoms with Crippen LogP contribution in [0.2, 0.25) is 0 Å². The molecule has 1 aliphatic rings. The summed E-state index contributed by atoms with van der Waals surface area (Å²) in [4.78, 5) is 2.91. The van der Waals surface area contributed by atoms with Crippen LogP contribution >= 0.6 is 0 Å². The number of hydrogen-bond acceptors (Lipinski definition) is 2. The highest BCUT2D eigenvalue weighted by molar-refractivity contribution is 5.38. The number of hydrogen-bond donors (Lipinski definition) is 1. The van der Waals surface area contributed by atoms with Crippen LogP contribution < -0.4 is 9.47 Å². The zero-order chi connectivity index (χ0) is 6.97. The monoisotopic (exact) mass is 139 g/mol. The second kappa shape index (κ2) is 1.94. The molecule has 1 aliphatic heterocycles. The van der Waals surface area contributed by atoms with Gasteiger partial charge in [-0.15, -0.1) is 0 Å². The van der Waals surface area contributed by atoms with E-state index in [0.717, 1.165) is 11.5 Å². The van der Waals surface area contributed by atoms with Gasteiger partial charge in [-0.25, -0.2) is 0 Å². The molecule has 1 N–H and O–H groups in total. The Labute approximate surface area is 59.0 Å². The third-order valence-corrected chi connectivity index (χ3v) is 1.47. The van der Waals surface area contributed by atoms with Gasteiger partial charge >= 0.3 is 0 Å². The lowest BCUT2D eigenvalue weighted by Crippen LogP contribution is -2.24. The third kappa shape index (κ3) is 0.744. The molecule has 0 radical (unpaired) electrons. The standard InChI is InChI=1S/C7H9NO2/c1-5-4-9-6-2-8-3-7(6)10-5/h2-3,5,8H,4H2,1H3/t5-/m1/s1. The van der Waals surface area contributed by atoms with Crippen LogP contribution in [0, 0.1) is 0 Å². The predicted molar refractivity (Wildman–Crippen MR) is 36.4 cm³/mol. The number of nitrogens with one attached hydrogen (secondary N) is 1. The average Bonchev–Trinajstić information content (AvgIpc) is 2.33. The molecule has 10 heavy (non-hydrogen) atoms. The zero-order valence-electron chi connectivity index (χ0n) is 5.76. The number of rotatable bonds is 0. The number of aromatic amines is 1. The molecule has 0 unspecified atom stereocenters. The van der Waals surface area contributed by atoms with Crippen molar-refractivity contribution in [2.45, 2.75) is 13.0 Å². The van der Waals surface area contributed by atoms with Gasteiger partial charge in [0.25, 0.3) is 0 Å². The van der Waals surface area contributed by atoms with Crippen molar-refractivity contribution >= 4 is 0 Å². The van der Waals surface area contributed by atoms with Gasteiger partial charge < -0.3 is 14.5 Å². The van der Waals surface area contributed by atoms with Crippen molar-refractivity contribution in [1.29, 1.82) is 0 Å². The molecule has 2 heterocycles. The van der Waals surface area contributed by atoms with Crippen LogP contribution in [0.3, 0.4) is 0 Å². The molecule has 0 aliphatic carbocycles. The summed E-state index contributed by atoms with van der Waals surface area (Å²) in [6, 6.07) is 0. The highest BCUT2D eigenvalue weighted by Crippen LogP contribution is 2.30. The Bertz CT molecular complexity index is 231. The lowest BCUT2D eigenvalue weighted by molar-refractivity contribution is 0.106. The molecule has 1 aromatic heterocycles. The summed E-state index contributed by atoms with van der Waals surface area (Å²) < 4.78 is 10.7. The van der Waals surface area contributed by atoms with Crippen molar-refractivity contribution in [3.63, 3.8) is 0 Å². The second-order valence-electron chi connectivity index (χ2n) is 2.42. The van der Waals surface area contributed by atoms with Crippen molar-refractivity contribution in [3.05, 3.63) is 12.4 Å². The summed E-state index contributed by atoms with van der Waals surface area (Å²) in [6.45, 7) is 2.63. The molecule has 0 saturated heterocycles. The third-order valence-electron chi connectivity index (χ3n) is 1.47. The van der Waals surface area contributed by atoms with Gasteiger partial charge in [-0.05, 0) is 6.92 Å². The highest BCUT2D eigenvalue weighted by Gasteiger charge is 2.16. The molecule has 0 bridgehead atoms. The maximum absolute atomic E-state index is 5.42. The van der Waals surface area contributed by atoms with Crippen LogP contribution in [0.5, 0.6) is 11.5 Å². The van der Waals surface area contributed by atoms with E-state index in [9.17, 15) is 0 Å². The minimum Gasteiger partial charge on any atom is -0.484 e. The van der Waals surface area contributed by atoms with Crippen molar-refractivity contribution < 1.29 is 9.47 Å². The molecular weight excluding hydrogens is 130 g/mol. The SMILES string of the molecule is C[C@@H]1COc2c[nH]cc2O1. The largest absolute Gasteiger partial charge is 0.484 e. The minimum absolute atomic E-state index is 0.170. The minimum atomic E-state index is 0.170. The molecule has 2 rings (SSSR count). The zero-order valence-corrected chi connectivity index (χ0v) is 5.76. The van der Waals surface area contributed by atoms with E-state index in [1.807, 2.05) is 6.92 Å². The van der Waals surface area contributed by atoms with Crippen LogP contribution in [0.25, 0.3) is 0 Å². The van der Waals surface area contributed by atoms with Gasteiger partial charge in [-0.3, -0.25) is 0 Å². The van der Waals surface area contributed by atoms with E-state index in [4.69, 9.17) is 9.47 Å². The van der Waals surface area contributed by atoms with Gasteiger partial charge in [0.1, 0.15) is 12.7 Å². The van der Waals surface area contributed by atoms with Crippen molar-refractivity contribution in [3.8, 4) is 11.5 Å². The summed E-state index contributed by atoms with van der Waals surface area (Å²) in [5, 5.41) is 0. The summed E-state index contributed by atoms with van der Waals surface area (Å²) in [7, 11) is 0. The lowest BCUT2D eigenvalue weighted by Gasteiger charge is -2.20. The van der Waals surface area contributed by atoms with E-state index in [-0.39, 0.29) is 6.10 Å². The van der Waals surface area contributed by atoms with Gasteiger partial charge in [0.2, 0.25) is 0 Å². The quantitative estimate of drug-likeness (QED) is 0.585. The van der Waals surface area contributed by atoms with Gasteiger partial charge in [0, 0.05) is 12.4 Å². The molecule has 0 saturated carbocycles. The highest BCUT2D eigenvalue weighted by atomic mass is 16.6. The predicted octanol–water partition coefficient (Wildman–Crippen LogP) is 1.17. The Morgan fingerprint density at radius 2 is 2.30 bits per heavy atom. The molecule has 0 fully saturated rings. The fourth-order valence-electron chi connectivity index (χ4n) is 0.998. The molecule has 3 heteroatoms. The van der Waals surface area contributed by atoms with E-state index in [2.05, 4.69) is 4.98 Å². The summed E-state index contributed by atoms with van der Waals surface area (Å²) in [5.74, 6) is 1.64. The molecular formula is C7H9NO2. The van der Waals surface area contributed by atoms with Gasteiger partial charge in [0.15, 0.2) is 11.5 Å². The molecule has 54 valence electrons. The lowest BCUT2D eigenvalue weighted by atomic mass is 10.4. The normalized spacial score (nSPS) is 22.7. The van der Waals surface area contributed by atoms with Crippen molar-refractivity contribution in [1.82, 2.24) is 4.98 Å². The Morgan fingerprint density at radius 3 is 3.20 bits per heavy atom. The fourth-order valence-corrected chi connectivity index (χ4v) is 0.998. The average molecular weight is 139 g/mol. The first-order chi connectivity index (χ1) is 4.86. The number of ether oxygens (including phenoxy) is 2. The van der Waals surface area contributed by atoms with E-state index < -0.39 is 0 Å². The summed E-state index contributed by atoms with van der Waals surface area (Å²) in [6.07, 6.45) is 3.76. The number of fused-ring (bicyclic) bond motifs is 1. The second-order valence-corrected chi connectivity index (χ2v) is 2.42. The van der Waals surface area contributed by atoms with Crippen LogP contribution in [0.15, 0.2) is 12.4 Å². The first-order valence-electron chi connectivity index (χ1n) is 3.32. The maximum Gasteiger partial charge on any atom is 0.179 e. The van der Waals surface area contributed by atoms with Gasteiger partial charge in [0.05, 0.1) is 0 Å². The topological polar surface area (TPSA) is 34.2 Å². The van der Waals surface area contributed by atoms with Crippen LogP contribution in [0.4, 0.5) is 0 Å². The van der Waals surface area contributed by atoms with Gasteiger partial charge in [-0.1, -0.05) is 0 Å². The molecule has 1 atom stereocenters. The van der Waals surface area contributed by atoms with Crippen molar-refractivity contribution in [2.24, 2.45) is 0 Å². The summed E-state index contributed by atoms with van der Waals surface area (Å²) in [5.41, 5.74) is 0. The van der Waals surface area contributed by atoms with E-state index in [1.54, 1.807) is 12.4 Å². The number of H-pyrrole nitrogens is 1. The molecule has 0 spiro atoms. The van der Waals surface area contributed by atoms with Gasteiger partial charge in [-0.2, -0.15) is 0 Å². The first-order valence-corrected chi connectivity index (χ1v) is 3.32. The molecule has 0 amide bonds. The Balaban J connectivity index is 2.30. The van der Waals surface area contributed by atoms with E-state index in [0.29, 0.717) is 6.61 Å². The number of aromatic nitrogens is 1. The van der Waals surface area contributed by atoms with E-state index >= 15 is 0 Å². The van der Waals surface area contributed by atoms with Crippen LogP contribution in [-0.4, -0.2) is 17.7 Å². The van der Waals surface area contributed by atoms with Crippen molar-refractivity contribution in [2.75, 3.05) is 6.61 Å². The Kier molecular flexibility index (Phi) is 1.09. The molecule has 1 aromatic rings. The Hall–Kier alpha value is -1.12. The molecule has 3 nitrogen and oxygen atoms in total. The van der Waals surface area contributed by atoms with E-state index in [1.165, 1.54) is 0 Å².